The fourth-order valence-corrected chi connectivity index (χ4v) is 3.10. The first-order chi connectivity index (χ1) is 9.94. The summed E-state index contributed by atoms with van der Waals surface area (Å²) in [7, 11) is 0. The van der Waals surface area contributed by atoms with Crippen LogP contribution in [0.4, 0.5) is 4.79 Å². The van der Waals surface area contributed by atoms with Crippen LogP contribution in [-0.4, -0.2) is 31.3 Å². The number of rotatable bonds is 6. The number of ether oxygens (including phenoxy) is 1. The van der Waals surface area contributed by atoms with E-state index in [1.807, 2.05) is 26.8 Å². The van der Waals surface area contributed by atoms with Gasteiger partial charge in [-0.15, -0.1) is 0 Å². The van der Waals surface area contributed by atoms with Gasteiger partial charge in [0.25, 0.3) is 0 Å². The van der Waals surface area contributed by atoms with E-state index in [9.17, 15) is 4.79 Å². The van der Waals surface area contributed by atoms with Crippen molar-refractivity contribution in [2.45, 2.75) is 39.2 Å². The molecule has 1 saturated carbocycles. The number of alkyl carbamates (subject to hydrolysis) is 1. The van der Waals surface area contributed by atoms with Crippen LogP contribution in [0.2, 0.25) is 0 Å². The number of carbonyl (C=O) groups excluding carboxylic acids is 1. The Labute approximate surface area is 128 Å². The van der Waals surface area contributed by atoms with Gasteiger partial charge in [-0.2, -0.15) is 0 Å². The molecular formula is C17H28N2O2. The zero-order valence-electron chi connectivity index (χ0n) is 13.4. The van der Waals surface area contributed by atoms with Crippen molar-refractivity contribution in [1.29, 1.82) is 0 Å². The van der Waals surface area contributed by atoms with E-state index in [1.165, 1.54) is 12.8 Å². The van der Waals surface area contributed by atoms with Crippen molar-refractivity contribution in [2.75, 3.05) is 19.6 Å². The largest absolute Gasteiger partial charge is 0.444 e. The molecule has 0 saturated heterocycles. The molecule has 0 aromatic rings. The highest BCUT2D eigenvalue weighted by Gasteiger charge is 2.34. The summed E-state index contributed by atoms with van der Waals surface area (Å²) in [5.74, 6) is 2.46. The topological polar surface area (TPSA) is 50.4 Å². The van der Waals surface area contributed by atoms with Crippen molar-refractivity contribution in [2.24, 2.45) is 17.8 Å². The third-order valence-corrected chi connectivity index (χ3v) is 4.01. The summed E-state index contributed by atoms with van der Waals surface area (Å²) in [6.45, 7) is 8.03. The minimum absolute atomic E-state index is 0.367. The number of nitrogens with one attached hydrogen (secondary N) is 2. The van der Waals surface area contributed by atoms with Crippen LogP contribution in [0.3, 0.4) is 0 Å². The first-order valence-corrected chi connectivity index (χ1v) is 7.95. The van der Waals surface area contributed by atoms with Gasteiger partial charge in [0.1, 0.15) is 5.60 Å². The number of fused-ring (bicyclic) bond motifs is 2. The highest BCUT2D eigenvalue weighted by molar-refractivity contribution is 5.67. The molecule has 0 aromatic heterocycles. The van der Waals surface area contributed by atoms with Crippen LogP contribution in [0.5, 0.6) is 0 Å². The van der Waals surface area contributed by atoms with E-state index in [0.717, 1.165) is 30.8 Å². The van der Waals surface area contributed by atoms with Crippen LogP contribution in [0.25, 0.3) is 0 Å². The minimum Gasteiger partial charge on any atom is -0.444 e. The molecule has 1 fully saturated rings. The van der Waals surface area contributed by atoms with Gasteiger partial charge in [0.2, 0.25) is 0 Å². The molecule has 2 N–H and O–H groups in total. The Balaban J connectivity index is 1.49. The summed E-state index contributed by atoms with van der Waals surface area (Å²) in [6, 6.07) is 0. The molecule has 1 amide bonds. The number of hydrogen-bond acceptors (Lipinski definition) is 3. The Bertz CT molecular complexity index is 410. The molecule has 0 heterocycles. The van der Waals surface area contributed by atoms with Crippen LogP contribution in [0.1, 0.15) is 33.6 Å². The fraction of sp³-hybridized carbons (Fsp3) is 0.706. The average molecular weight is 292 g/mol. The molecule has 2 bridgehead atoms. The number of carbonyl (C=O) groups is 1. The second-order valence-electron chi connectivity index (χ2n) is 7.05. The summed E-state index contributed by atoms with van der Waals surface area (Å²) in [5, 5.41) is 6.18. The molecule has 21 heavy (non-hydrogen) atoms. The summed E-state index contributed by atoms with van der Waals surface area (Å²) in [4.78, 5) is 11.4. The van der Waals surface area contributed by atoms with Gasteiger partial charge in [0, 0.05) is 13.1 Å². The highest BCUT2D eigenvalue weighted by atomic mass is 16.6. The molecule has 0 radical (unpaired) electrons. The van der Waals surface area contributed by atoms with Gasteiger partial charge in [0.05, 0.1) is 0 Å². The van der Waals surface area contributed by atoms with E-state index in [0.29, 0.717) is 6.54 Å². The van der Waals surface area contributed by atoms with E-state index >= 15 is 0 Å². The molecule has 0 spiro atoms. The van der Waals surface area contributed by atoms with Crippen molar-refractivity contribution in [3.63, 3.8) is 0 Å². The summed E-state index contributed by atoms with van der Waals surface area (Å²) >= 11 is 0. The van der Waals surface area contributed by atoms with Crippen LogP contribution >= 0.6 is 0 Å². The quantitative estimate of drug-likeness (QED) is 0.584. The second-order valence-corrected chi connectivity index (χ2v) is 7.05. The predicted molar refractivity (Wildman–Crippen MR) is 85.1 cm³/mol. The summed E-state index contributed by atoms with van der Waals surface area (Å²) in [6.07, 6.45) is 11.1. The lowest BCUT2D eigenvalue weighted by Gasteiger charge is -2.19. The van der Waals surface area contributed by atoms with E-state index < -0.39 is 5.60 Å². The van der Waals surface area contributed by atoms with E-state index in [-0.39, 0.29) is 6.09 Å². The molecule has 4 nitrogen and oxygen atoms in total. The first kappa shape index (κ1) is 16.1. The number of amides is 1. The van der Waals surface area contributed by atoms with Gasteiger partial charge in [-0.05, 0) is 57.9 Å². The molecule has 3 atom stereocenters. The third kappa shape index (κ3) is 5.54. The molecule has 118 valence electrons. The Morgan fingerprint density at radius 1 is 1.24 bits per heavy atom. The highest BCUT2D eigenvalue weighted by Crippen LogP contribution is 2.42. The Morgan fingerprint density at radius 3 is 2.62 bits per heavy atom. The third-order valence-electron chi connectivity index (χ3n) is 4.01. The van der Waals surface area contributed by atoms with E-state index in [1.54, 1.807) is 0 Å². The number of hydrogen-bond donors (Lipinski definition) is 2. The van der Waals surface area contributed by atoms with Gasteiger partial charge in [-0.3, -0.25) is 0 Å². The normalized spacial score (nSPS) is 27.5. The SMILES string of the molecule is CC(C)(C)OC(=O)NC/C=C/CNCC1CC2C=CC1C2. The summed E-state index contributed by atoms with van der Waals surface area (Å²) < 4.78 is 5.16. The molecule has 0 aromatic carbocycles. The molecular weight excluding hydrogens is 264 g/mol. The van der Waals surface area contributed by atoms with Crippen LogP contribution in [0, 0.1) is 17.8 Å². The molecule has 2 rings (SSSR count). The lowest BCUT2D eigenvalue weighted by Crippen LogP contribution is -2.32. The molecule has 2 aliphatic carbocycles. The molecule has 0 aliphatic heterocycles. The van der Waals surface area contributed by atoms with Gasteiger partial charge >= 0.3 is 6.09 Å². The van der Waals surface area contributed by atoms with E-state index in [4.69, 9.17) is 4.74 Å². The first-order valence-electron chi connectivity index (χ1n) is 7.95. The zero-order chi connectivity index (χ0) is 15.3. The maximum atomic E-state index is 11.4. The zero-order valence-corrected chi connectivity index (χ0v) is 13.4. The van der Waals surface area contributed by atoms with Crippen molar-refractivity contribution in [3.8, 4) is 0 Å². The maximum absolute atomic E-state index is 11.4. The Morgan fingerprint density at radius 2 is 2.00 bits per heavy atom. The van der Waals surface area contributed by atoms with Gasteiger partial charge in [-0.25, -0.2) is 4.79 Å². The van der Waals surface area contributed by atoms with Crippen LogP contribution in [0.15, 0.2) is 24.3 Å². The van der Waals surface area contributed by atoms with Crippen molar-refractivity contribution in [3.05, 3.63) is 24.3 Å². The average Bonchev–Trinajstić information content (AvgIpc) is 2.97. The molecule has 3 unspecified atom stereocenters. The van der Waals surface area contributed by atoms with Crippen molar-refractivity contribution < 1.29 is 9.53 Å². The lowest BCUT2D eigenvalue weighted by atomic mass is 9.94. The Kier molecular flexibility index (Phi) is 5.45. The van der Waals surface area contributed by atoms with Crippen LogP contribution < -0.4 is 10.6 Å². The molecule has 4 heteroatoms. The van der Waals surface area contributed by atoms with Gasteiger partial charge in [0.15, 0.2) is 0 Å². The van der Waals surface area contributed by atoms with Gasteiger partial charge in [-0.1, -0.05) is 24.3 Å². The number of allylic oxidation sites excluding steroid dienone is 2. The van der Waals surface area contributed by atoms with Gasteiger partial charge < -0.3 is 15.4 Å². The second kappa shape index (κ2) is 7.12. The van der Waals surface area contributed by atoms with Crippen molar-refractivity contribution >= 4 is 6.09 Å². The summed E-state index contributed by atoms with van der Waals surface area (Å²) in [5.41, 5.74) is -0.440. The fourth-order valence-electron chi connectivity index (χ4n) is 3.10. The van der Waals surface area contributed by atoms with E-state index in [2.05, 4.69) is 28.9 Å². The van der Waals surface area contributed by atoms with Crippen LogP contribution in [-0.2, 0) is 4.74 Å². The lowest BCUT2D eigenvalue weighted by molar-refractivity contribution is 0.0534. The Hall–Kier alpha value is -1.29. The smallest absolute Gasteiger partial charge is 0.407 e. The van der Waals surface area contributed by atoms with Crippen molar-refractivity contribution in [1.82, 2.24) is 10.6 Å². The standard InChI is InChI=1S/C17H28N2O2/c1-17(2,3)21-16(20)19-9-5-4-8-18-12-15-11-13-6-7-14(15)10-13/h4-7,13-15,18H,8-12H2,1-3H3,(H,19,20)/b5-4+. The monoisotopic (exact) mass is 292 g/mol. The maximum Gasteiger partial charge on any atom is 0.407 e. The minimum atomic E-state index is -0.440. The predicted octanol–water partition coefficient (Wildman–Crippen LogP) is 2.87. The molecule has 2 aliphatic rings.